The Labute approximate surface area is 129 Å². The third-order valence-corrected chi connectivity index (χ3v) is 3.44. The lowest BCUT2D eigenvalue weighted by Crippen LogP contribution is -2.75. The average Bonchev–Trinajstić information content (AvgIpc) is 2.40. The van der Waals surface area contributed by atoms with E-state index in [4.69, 9.17) is 14.2 Å². The van der Waals surface area contributed by atoms with Crippen LogP contribution in [0.5, 0.6) is 0 Å². The van der Waals surface area contributed by atoms with E-state index in [1.165, 1.54) is 9.80 Å². The smallest absolute Gasteiger partial charge is 0.412 e. The third kappa shape index (κ3) is 3.60. The number of hydrogen-bond donors (Lipinski definition) is 0. The van der Waals surface area contributed by atoms with Gasteiger partial charge in [-0.3, -0.25) is 9.80 Å². The second-order valence-corrected chi connectivity index (χ2v) is 6.44. The summed E-state index contributed by atoms with van der Waals surface area (Å²) in [5.41, 5.74) is -1.45. The Hall–Kier alpha value is -1.57. The van der Waals surface area contributed by atoms with Crippen LogP contribution >= 0.6 is 0 Å². The lowest BCUT2D eigenvalue weighted by Gasteiger charge is -2.55. The predicted molar refractivity (Wildman–Crippen MR) is 75.1 cm³/mol. The molecule has 22 heavy (non-hydrogen) atoms. The Morgan fingerprint density at radius 2 is 1.95 bits per heavy atom. The van der Waals surface area contributed by atoms with Gasteiger partial charge >= 0.3 is 12.2 Å². The predicted octanol–water partition coefficient (Wildman–Crippen LogP) is 1.76. The molecule has 2 heterocycles. The van der Waals surface area contributed by atoms with Gasteiger partial charge in [0.15, 0.2) is 5.72 Å². The number of alkyl halides is 1. The van der Waals surface area contributed by atoms with Gasteiger partial charge in [0.05, 0.1) is 19.7 Å². The highest BCUT2D eigenvalue weighted by molar-refractivity contribution is 5.72. The first kappa shape index (κ1) is 16.8. The summed E-state index contributed by atoms with van der Waals surface area (Å²) in [6.07, 6.45) is -0.371. The summed E-state index contributed by atoms with van der Waals surface area (Å²) in [6.45, 7) is 5.80. The summed E-state index contributed by atoms with van der Waals surface area (Å²) in [6, 6.07) is 0. The van der Waals surface area contributed by atoms with Crippen LogP contribution in [0.15, 0.2) is 0 Å². The molecule has 1 spiro atoms. The number of carbonyl (C=O) groups excluding carboxylic acids is 2. The minimum Gasteiger partial charge on any atom is -0.447 e. The van der Waals surface area contributed by atoms with E-state index in [0.29, 0.717) is 19.6 Å². The van der Waals surface area contributed by atoms with Gasteiger partial charge in [-0.15, -0.1) is 0 Å². The standard InChI is InChI=1S/C14H23FN2O5/c1-13(2,3)22-11(18)16-9-14(10-16)17(6-4-7-21-14)12(19)20-8-5-15/h4-10H2,1-3H3. The molecule has 2 aliphatic rings. The molecule has 0 bridgehead atoms. The van der Waals surface area contributed by atoms with Crippen molar-refractivity contribution >= 4 is 12.2 Å². The number of rotatable bonds is 2. The highest BCUT2D eigenvalue weighted by atomic mass is 19.1. The molecule has 0 unspecified atom stereocenters. The van der Waals surface area contributed by atoms with Gasteiger partial charge in [0.25, 0.3) is 0 Å². The molecule has 126 valence electrons. The van der Waals surface area contributed by atoms with Crippen LogP contribution in [0.1, 0.15) is 27.2 Å². The fraction of sp³-hybridized carbons (Fsp3) is 0.857. The van der Waals surface area contributed by atoms with Crippen molar-refractivity contribution in [3.63, 3.8) is 0 Å². The summed E-state index contributed by atoms with van der Waals surface area (Å²) >= 11 is 0. The summed E-state index contributed by atoms with van der Waals surface area (Å²) in [5, 5.41) is 0. The molecule has 0 radical (unpaired) electrons. The van der Waals surface area contributed by atoms with Gasteiger partial charge in [0, 0.05) is 6.54 Å². The zero-order valence-corrected chi connectivity index (χ0v) is 13.3. The third-order valence-electron chi connectivity index (χ3n) is 3.44. The Kier molecular flexibility index (Phi) is 4.79. The molecule has 0 aromatic heterocycles. The number of carbonyl (C=O) groups is 2. The molecule has 0 atom stereocenters. The molecule has 2 fully saturated rings. The molecule has 7 nitrogen and oxygen atoms in total. The Balaban J connectivity index is 1.95. The number of hydrogen-bond acceptors (Lipinski definition) is 5. The lowest BCUT2D eigenvalue weighted by molar-refractivity contribution is -0.233. The lowest BCUT2D eigenvalue weighted by atomic mass is 10.0. The van der Waals surface area contributed by atoms with Gasteiger partial charge < -0.3 is 14.2 Å². The molecule has 0 aliphatic carbocycles. The molecule has 0 aromatic rings. The molecule has 2 aliphatic heterocycles. The SMILES string of the molecule is CC(C)(C)OC(=O)N1CC2(C1)OCCCN2C(=O)OCCF. The highest BCUT2D eigenvalue weighted by Crippen LogP contribution is 2.34. The fourth-order valence-corrected chi connectivity index (χ4v) is 2.50. The van der Waals surface area contributed by atoms with Crippen LogP contribution in [0.3, 0.4) is 0 Å². The summed E-state index contributed by atoms with van der Waals surface area (Å²) in [5.74, 6) is 0. The van der Waals surface area contributed by atoms with Crippen molar-refractivity contribution in [2.45, 2.75) is 38.5 Å². The normalized spacial score (nSPS) is 20.5. The highest BCUT2D eigenvalue weighted by Gasteiger charge is 2.55. The van der Waals surface area contributed by atoms with Gasteiger partial charge in [-0.05, 0) is 27.2 Å². The Morgan fingerprint density at radius 1 is 1.27 bits per heavy atom. The maximum atomic E-state index is 12.1. The minimum atomic E-state index is -0.872. The number of nitrogens with zero attached hydrogens (tertiary/aromatic N) is 2. The van der Waals surface area contributed by atoms with Crippen molar-refractivity contribution in [1.82, 2.24) is 9.80 Å². The molecule has 0 saturated carbocycles. The van der Waals surface area contributed by atoms with Gasteiger partial charge in [-0.1, -0.05) is 0 Å². The van der Waals surface area contributed by atoms with Crippen molar-refractivity contribution in [3.8, 4) is 0 Å². The van der Waals surface area contributed by atoms with Gasteiger partial charge in [-0.2, -0.15) is 0 Å². The molecule has 0 aromatic carbocycles. The van der Waals surface area contributed by atoms with Crippen molar-refractivity contribution < 1.29 is 28.2 Å². The van der Waals surface area contributed by atoms with Crippen LogP contribution in [0.2, 0.25) is 0 Å². The second kappa shape index (κ2) is 6.28. The molecule has 2 rings (SSSR count). The van der Waals surface area contributed by atoms with E-state index in [1.54, 1.807) is 20.8 Å². The van der Waals surface area contributed by atoms with Crippen LogP contribution in [0.4, 0.5) is 14.0 Å². The number of amides is 2. The molecular weight excluding hydrogens is 295 g/mol. The zero-order valence-electron chi connectivity index (χ0n) is 13.3. The maximum absolute atomic E-state index is 12.1. The zero-order chi connectivity index (χ0) is 16.4. The van der Waals surface area contributed by atoms with E-state index < -0.39 is 30.2 Å². The number of likely N-dealkylation sites (tertiary alicyclic amines) is 1. The average molecular weight is 318 g/mol. The van der Waals surface area contributed by atoms with Crippen molar-refractivity contribution in [2.75, 3.05) is 39.5 Å². The van der Waals surface area contributed by atoms with Crippen molar-refractivity contribution in [1.29, 1.82) is 0 Å². The van der Waals surface area contributed by atoms with E-state index >= 15 is 0 Å². The maximum Gasteiger partial charge on any atom is 0.412 e. The van der Waals surface area contributed by atoms with E-state index in [1.807, 2.05) is 0 Å². The largest absolute Gasteiger partial charge is 0.447 e. The van der Waals surface area contributed by atoms with Crippen LogP contribution in [0, 0.1) is 0 Å². The topological polar surface area (TPSA) is 68.3 Å². The number of ether oxygens (including phenoxy) is 3. The van der Waals surface area contributed by atoms with Crippen LogP contribution < -0.4 is 0 Å². The molecule has 2 amide bonds. The molecule has 2 saturated heterocycles. The first-order valence-electron chi connectivity index (χ1n) is 7.40. The van der Waals surface area contributed by atoms with Crippen LogP contribution in [-0.2, 0) is 14.2 Å². The summed E-state index contributed by atoms with van der Waals surface area (Å²) in [4.78, 5) is 26.9. The van der Waals surface area contributed by atoms with E-state index in [9.17, 15) is 14.0 Å². The number of halogens is 1. The first-order valence-corrected chi connectivity index (χ1v) is 7.40. The van der Waals surface area contributed by atoms with Crippen molar-refractivity contribution in [2.24, 2.45) is 0 Å². The van der Waals surface area contributed by atoms with Gasteiger partial charge in [0.2, 0.25) is 0 Å². The monoisotopic (exact) mass is 318 g/mol. The molecule has 0 N–H and O–H groups in total. The summed E-state index contributed by atoms with van der Waals surface area (Å²) in [7, 11) is 0. The van der Waals surface area contributed by atoms with Crippen molar-refractivity contribution in [3.05, 3.63) is 0 Å². The summed E-state index contributed by atoms with van der Waals surface area (Å²) < 4.78 is 28.0. The second-order valence-electron chi connectivity index (χ2n) is 6.44. The van der Waals surface area contributed by atoms with Gasteiger partial charge in [0.1, 0.15) is 18.9 Å². The van der Waals surface area contributed by atoms with Crippen LogP contribution in [-0.4, -0.2) is 72.8 Å². The van der Waals surface area contributed by atoms with Crippen LogP contribution in [0.25, 0.3) is 0 Å². The van der Waals surface area contributed by atoms with Gasteiger partial charge in [-0.25, -0.2) is 14.0 Å². The quantitative estimate of drug-likeness (QED) is 0.776. The van der Waals surface area contributed by atoms with E-state index in [0.717, 1.165) is 0 Å². The fourth-order valence-electron chi connectivity index (χ4n) is 2.50. The molecular formula is C14H23FN2O5. The first-order chi connectivity index (χ1) is 10.3. The van der Waals surface area contributed by atoms with E-state index in [-0.39, 0.29) is 19.7 Å². The minimum absolute atomic E-state index is 0.229. The Morgan fingerprint density at radius 3 is 2.55 bits per heavy atom. The Bertz CT molecular complexity index is 431. The van der Waals surface area contributed by atoms with E-state index in [2.05, 4.69) is 0 Å². The molecule has 8 heteroatoms.